The van der Waals surface area contributed by atoms with Gasteiger partial charge in [0.15, 0.2) is 5.11 Å². The summed E-state index contributed by atoms with van der Waals surface area (Å²) >= 11 is 4.70. The maximum absolute atomic E-state index is 12.7. The summed E-state index contributed by atoms with van der Waals surface area (Å²) in [6.45, 7) is 1.79. The minimum atomic E-state index is -4.36. The van der Waals surface area contributed by atoms with Gasteiger partial charge in [-0.3, -0.25) is 5.43 Å². The molecule has 3 rings (SSSR count). The van der Waals surface area contributed by atoms with Gasteiger partial charge in [-0.25, -0.2) is 4.98 Å². The molecule has 0 radical (unpaired) electrons. The largest absolute Gasteiger partial charge is 0.416 e. The Morgan fingerprint density at radius 3 is 2.50 bits per heavy atom. The molecule has 2 aromatic carbocycles. The van der Waals surface area contributed by atoms with Gasteiger partial charge >= 0.3 is 6.18 Å². The minimum Gasteiger partial charge on any atom is -0.375 e. The first-order chi connectivity index (χ1) is 12.2. The molecule has 0 saturated heterocycles. The van der Waals surface area contributed by atoms with Gasteiger partial charge in [0.1, 0.15) is 5.82 Å². The molecule has 0 unspecified atom stereocenters. The van der Waals surface area contributed by atoms with Gasteiger partial charge in [0.05, 0.1) is 22.3 Å². The summed E-state index contributed by atoms with van der Waals surface area (Å²) < 4.78 is 38.0. The van der Waals surface area contributed by atoms with E-state index in [0.29, 0.717) is 22.6 Å². The Morgan fingerprint density at radius 2 is 1.88 bits per heavy atom. The van der Waals surface area contributed by atoms with Crippen molar-refractivity contribution in [3.8, 4) is 11.4 Å². The molecule has 134 valence electrons. The second kappa shape index (κ2) is 6.75. The van der Waals surface area contributed by atoms with Gasteiger partial charge in [0, 0.05) is 5.56 Å². The zero-order valence-corrected chi connectivity index (χ0v) is 14.4. The lowest BCUT2D eigenvalue weighted by Gasteiger charge is -2.06. The van der Waals surface area contributed by atoms with E-state index in [4.69, 9.17) is 18.0 Å². The Kier molecular flexibility index (Phi) is 4.64. The van der Waals surface area contributed by atoms with Crippen LogP contribution in [0.5, 0.6) is 0 Å². The van der Waals surface area contributed by atoms with Gasteiger partial charge in [-0.1, -0.05) is 18.2 Å². The fraction of sp³-hybridized carbons (Fsp3) is 0.118. The van der Waals surface area contributed by atoms with E-state index in [2.05, 4.69) is 20.5 Å². The molecule has 5 nitrogen and oxygen atoms in total. The zero-order chi connectivity index (χ0) is 18.9. The van der Waals surface area contributed by atoms with Crippen molar-refractivity contribution in [3.63, 3.8) is 0 Å². The number of hydrogen-bond acceptors (Lipinski definition) is 3. The topological polar surface area (TPSA) is 79.1 Å². The lowest BCUT2D eigenvalue weighted by atomic mass is 10.1. The molecule has 0 aliphatic rings. The average molecular weight is 377 g/mol. The highest BCUT2D eigenvalue weighted by Crippen LogP contribution is 2.30. The molecular weight excluding hydrogens is 363 g/mol. The Balaban J connectivity index is 1.92. The molecule has 0 spiro atoms. The predicted molar refractivity (Wildman–Crippen MR) is 98.7 cm³/mol. The van der Waals surface area contributed by atoms with Crippen molar-refractivity contribution in [3.05, 3.63) is 53.6 Å². The van der Waals surface area contributed by atoms with E-state index >= 15 is 0 Å². The van der Waals surface area contributed by atoms with Crippen molar-refractivity contribution in [2.75, 3.05) is 0 Å². The summed E-state index contributed by atoms with van der Waals surface area (Å²) in [5, 5.41) is 4.12. The van der Waals surface area contributed by atoms with Gasteiger partial charge < -0.3 is 10.7 Å². The van der Waals surface area contributed by atoms with Gasteiger partial charge in [-0.15, -0.1) is 0 Å². The number of nitrogens with two attached hydrogens (primary N) is 1. The molecule has 0 bridgehead atoms. The van der Waals surface area contributed by atoms with Crippen LogP contribution in [0.25, 0.3) is 22.4 Å². The maximum Gasteiger partial charge on any atom is 0.416 e. The number of thiocarbonyl (C=S) groups is 1. The van der Waals surface area contributed by atoms with E-state index in [1.165, 1.54) is 12.1 Å². The number of hydrazone groups is 1. The molecule has 9 heteroatoms. The number of alkyl halides is 3. The number of hydrogen-bond donors (Lipinski definition) is 3. The van der Waals surface area contributed by atoms with Crippen LogP contribution in [0.4, 0.5) is 13.2 Å². The molecule has 0 fully saturated rings. The average Bonchev–Trinajstić information content (AvgIpc) is 3.02. The Labute approximate surface area is 152 Å². The van der Waals surface area contributed by atoms with Crippen molar-refractivity contribution in [1.82, 2.24) is 15.4 Å². The van der Waals surface area contributed by atoms with E-state index in [0.717, 1.165) is 23.2 Å². The first kappa shape index (κ1) is 17.9. The van der Waals surface area contributed by atoms with Crippen LogP contribution in [0, 0.1) is 0 Å². The van der Waals surface area contributed by atoms with Gasteiger partial charge in [-0.05, 0) is 49.0 Å². The van der Waals surface area contributed by atoms with Gasteiger partial charge in [0.25, 0.3) is 0 Å². The number of rotatable bonds is 3. The number of halogens is 3. The first-order valence-corrected chi connectivity index (χ1v) is 7.92. The SMILES string of the molecule is C/C(=N/NC(N)=S)c1ccc2nc(-c3ccc(C(F)(F)F)cc3)[nH]c2c1. The Hall–Kier alpha value is -2.94. The van der Waals surface area contributed by atoms with E-state index in [9.17, 15) is 13.2 Å². The van der Waals surface area contributed by atoms with Crippen molar-refractivity contribution in [2.45, 2.75) is 13.1 Å². The fourth-order valence-corrected chi connectivity index (χ4v) is 2.44. The van der Waals surface area contributed by atoms with E-state index in [-0.39, 0.29) is 5.11 Å². The summed E-state index contributed by atoms with van der Waals surface area (Å²) in [6.07, 6.45) is -4.36. The van der Waals surface area contributed by atoms with Crippen LogP contribution in [-0.4, -0.2) is 20.8 Å². The first-order valence-electron chi connectivity index (χ1n) is 7.51. The molecular formula is C17H14F3N5S. The minimum absolute atomic E-state index is 0.0663. The Bertz CT molecular complexity index is 990. The molecule has 0 aliphatic heterocycles. The maximum atomic E-state index is 12.7. The molecule has 0 atom stereocenters. The third kappa shape index (κ3) is 3.83. The second-order valence-electron chi connectivity index (χ2n) is 5.57. The van der Waals surface area contributed by atoms with Crippen molar-refractivity contribution in [2.24, 2.45) is 10.8 Å². The lowest BCUT2D eigenvalue weighted by molar-refractivity contribution is -0.137. The summed E-state index contributed by atoms with van der Waals surface area (Å²) in [6, 6.07) is 10.3. The molecule has 0 saturated carbocycles. The summed E-state index contributed by atoms with van der Waals surface area (Å²) in [5.41, 5.74) is 10.7. The number of benzene rings is 2. The number of imidazole rings is 1. The van der Waals surface area contributed by atoms with Crippen LogP contribution < -0.4 is 11.2 Å². The van der Waals surface area contributed by atoms with Crippen molar-refractivity contribution < 1.29 is 13.2 Å². The number of fused-ring (bicyclic) bond motifs is 1. The van der Waals surface area contributed by atoms with Gasteiger partial charge in [0.2, 0.25) is 0 Å². The fourth-order valence-electron chi connectivity index (χ4n) is 2.39. The van der Waals surface area contributed by atoms with Gasteiger partial charge in [-0.2, -0.15) is 18.3 Å². The predicted octanol–water partition coefficient (Wildman–Crippen LogP) is 3.81. The van der Waals surface area contributed by atoms with Crippen molar-refractivity contribution >= 4 is 34.1 Å². The van der Waals surface area contributed by atoms with Crippen LogP contribution in [0.15, 0.2) is 47.6 Å². The van der Waals surface area contributed by atoms with E-state index in [1.807, 2.05) is 12.1 Å². The molecule has 3 aromatic rings. The molecule has 0 amide bonds. The summed E-state index contributed by atoms with van der Waals surface area (Å²) in [5.74, 6) is 0.488. The highest BCUT2D eigenvalue weighted by Gasteiger charge is 2.30. The monoisotopic (exact) mass is 377 g/mol. The van der Waals surface area contributed by atoms with E-state index < -0.39 is 11.7 Å². The van der Waals surface area contributed by atoms with Crippen LogP contribution >= 0.6 is 12.2 Å². The molecule has 4 N–H and O–H groups in total. The molecule has 1 heterocycles. The van der Waals surface area contributed by atoms with E-state index in [1.54, 1.807) is 13.0 Å². The van der Waals surface area contributed by atoms with Crippen LogP contribution in [0.1, 0.15) is 18.1 Å². The second-order valence-corrected chi connectivity index (χ2v) is 6.01. The number of nitrogens with one attached hydrogen (secondary N) is 2. The van der Waals surface area contributed by atoms with Crippen LogP contribution in [0.2, 0.25) is 0 Å². The standard InChI is InChI=1S/C17H14F3N5S/c1-9(24-25-16(21)26)11-4-7-13-14(8-11)23-15(22-13)10-2-5-12(6-3-10)17(18,19)20/h2-8H,1H3,(H,22,23)(H3,21,25,26)/b24-9-. The quantitative estimate of drug-likeness (QED) is 0.368. The molecule has 0 aliphatic carbocycles. The normalized spacial score (nSPS) is 12.4. The number of aromatic nitrogens is 2. The molecule has 1 aromatic heterocycles. The van der Waals surface area contributed by atoms with Crippen molar-refractivity contribution in [1.29, 1.82) is 0 Å². The zero-order valence-electron chi connectivity index (χ0n) is 13.6. The highest BCUT2D eigenvalue weighted by atomic mass is 32.1. The lowest BCUT2D eigenvalue weighted by Crippen LogP contribution is -2.25. The summed E-state index contributed by atoms with van der Waals surface area (Å²) in [4.78, 5) is 7.53. The van der Waals surface area contributed by atoms with Crippen LogP contribution in [-0.2, 0) is 6.18 Å². The third-order valence-corrected chi connectivity index (χ3v) is 3.81. The van der Waals surface area contributed by atoms with Crippen LogP contribution in [0.3, 0.4) is 0 Å². The Morgan fingerprint density at radius 1 is 1.19 bits per heavy atom. The number of aromatic amines is 1. The highest BCUT2D eigenvalue weighted by molar-refractivity contribution is 7.80. The number of H-pyrrole nitrogens is 1. The number of nitrogens with zero attached hydrogens (tertiary/aromatic N) is 2. The smallest absolute Gasteiger partial charge is 0.375 e. The molecule has 26 heavy (non-hydrogen) atoms. The summed E-state index contributed by atoms with van der Waals surface area (Å²) in [7, 11) is 0. The third-order valence-electron chi connectivity index (χ3n) is 3.72.